The van der Waals surface area contributed by atoms with Gasteiger partial charge in [0.25, 0.3) is 0 Å². The summed E-state index contributed by atoms with van der Waals surface area (Å²) >= 11 is 0. The van der Waals surface area contributed by atoms with Crippen LogP contribution in [-0.2, 0) is 0 Å². The van der Waals surface area contributed by atoms with Gasteiger partial charge >= 0.3 is 0 Å². The quantitative estimate of drug-likeness (QED) is 0.728. The Labute approximate surface area is 105 Å². The molecule has 1 aliphatic heterocycles. The van der Waals surface area contributed by atoms with Crippen LogP contribution < -0.4 is 5.32 Å². The minimum absolute atomic E-state index is 0.759. The molecule has 1 heterocycles. The summed E-state index contributed by atoms with van der Waals surface area (Å²) in [5, 5.41) is 3.96. The zero-order chi connectivity index (χ0) is 11.7. The normalized spacial score (nSPS) is 27.3. The largest absolute Gasteiger partial charge is 0.311 e. The molecule has 2 heteroatoms. The molecule has 0 amide bonds. The van der Waals surface area contributed by atoms with Crippen LogP contribution in [-0.4, -0.2) is 36.6 Å². The van der Waals surface area contributed by atoms with Crippen molar-refractivity contribution in [1.82, 2.24) is 10.2 Å². The molecular formula is C15H24N2. The van der Waals surface area contributed by atoms with E-state index in [0.717, 1.165) is 30.5 Å². The van der Waals surface area contributed by atoms with E-state index in [4.69, 9.17) is 6.42 Å². The van der Waals surface area contributed by atoms with Crippen molar-refractivity contribution in [2.24, 2.45) is 11.8 Å². The van der Waals surface area contributed by atoms with E-state index in [1.54, 1.807) is 0 Å². The van der Waals surface area contributed by atoms with Crippen LogP contribution in [0, 0.1) is 24.2 Å². The van der Waals surface area contributed by atoms with Gasteiger partial charge in [-0.2, -0.15) is 0 Å². The van der Waals surface area contributed by atoms with E-state index in [1.165, 1.54) is 51.6 Å². The van der Waals surface area contributed by atoms with Gasteiger partial charge < -0.3 is 5.32 Å². The fraction of sp³-hybridized carbons (Fsp3) is 0.867. The second-order valence-electron chi connectivity index (χ2n) is 6.12. The standard InChI is InChI=1S/C15H24N2/c1-2-9-17-10-7-14(8-11-17)16-15(12-3-4-12)13-5-6-13/h1,12-16H,3-11H2. The highest BCUT2D eigenvalue weighted by molar-refractivity contribution is 4.98. The van der Waals surface area contributed by atoms with E-state index in [-0.39, 0.29) is 0 Å². The summed E-state index contributed by atoms with van der Waals surface area (Å²) < 4.78 is 0. The zero-order valence-corrected chi connectivity index (χ0v) is 10.7. The van der Waals surface area contributed by atoms with Crippen molar-refractivity contribution in [2.45, 2.75) is 50.6 Å². The van der Waals surface area contributed by atoms with Gasteiger partial charge in [-0.15, -0.1) is 6.42 Å². The minimum Gasteiger partial charge on any atom is -0.311 e. The number of terminal acetylenes is 1. The smallest absolute Gasteiger partial charge is 0.0598 e. The molecule has 0 aromatic rings. The molecule has 3 rings (SSSR count). The number of hydrogen-bond donors (Lipinski definition) is 1. The number of rotatable bonds is 5. The highest BCUT2D eigenvalue weighted by Crippen LogP contribution is 2.44. The Hall–Kier alpha value is -0.520. The average Bonchev–Trinajstić information content (AvgIpc) is 3.21. The number of likely N-dealkylation sites (tertiary alicyclic amines) is 1. The molecule has 3 aliphatic rings. The Morgan fingerprint density at radius 1 is 1.06 bits per heavy atom. The van der Waals surface area contributed by atoms with Crippen LogP contribution in [0.5, 0.6) is 0 Å². The number of nitrogens with zero attached hydrogens (tertiary/aromatic N) is 1. The third-order valence-corrected chi connectivity index (χ3v) is 4.59. The van der Waals surface area contributed by atoms with Gasteiger partial charge in [0.15, 0.2) is 0 Å². The fourth-order valence-electron chi connectivity index (χ4n) is 3.23. The van der Waals surface area contributed by atoms with Crippen molar-refractivity contribution in [3.05, 3.63) is 0 Å². The maximum atomic E-state index is 5.36. The molecule has 0 radical (unpaired) electrons. The summed E-state index contributed by atoms with van der Waals surface area (Å²) in [6.07, 6.45) is 13.8. The topological polar surface area (TPSA) is 15.3 Å². The Morgan fingerprint density at radius 2 is 1.65 bits per heavy atom. The van der Waals surface area contributed by atoms with E-state index in [1.807, 2.05) is 0 Å². The van der Waals surface area contributed by atoms with Crippen LogP contribution in [0.2, 0.25) is 0 Å². The highest BCUT2D eigenvalue weighted by Gasteiger charge is 2.42. The first-order chi connectivity index (χ1) is 8.36. The second-order valence-corrected chi connectivity index (χ2v) is 6.12. The van der Waals surface area contributed by atoms with Crippen LogP contribution in [0.4, 0.5) is 0 Å². The maximum absolute atomic E-state index is 5.36. The Morgan fingerprint density at radius 3 is 2.12 bits per heavy atom. The maximum Gasteiger partial charge on any atom is 0.0598 e. The third-order valence-electron chi connectivity index (χ3n) is 4.59. The minimum atomic E-state index is 0.759. The summed E-state index contributed by atoms with van der Waals surface area (Å²) in [6, 6.07) is 1.62. The summed E-state index contributed by atoms with van der Waals surface area (Å²) in [5.41, 5.74) is 0. The van der Waals surface area contributed by atoms with E-state index in [9.17, 15) is 0 Å². The molecule has 0 aromatic carbocycles. The summed E-state index contributed by atoms with van der Waals surface area (Å²) in [7, 11) is 0. The molecule has 0 atom stereocenters. The molecule has 1 N–H and O–H groups in total. The molecule has 94 valence electrons. The molecule has 0 bridgehead atoms. The molecule has 1 saturated heterocycles. The van der Waals surface area contributed by atoms with E-state index in [0.29, 0.717) is 0 Å². The van der Waals surface area contributed by atoms with Gasteiger partial charge in [-0.3, -0.25) is 4.90 Å². The fourth-order valence-corrected chi connectivity index (χ4v) is 3.23. The van der Waals surface area contributed by atoms with E-state index in [2.05, 4.69) is 16.1 Å². The summed E-state index contributed by atoms with van der Waals surface area (Å²) in [5.74, 6) is 4.79. The van der Waals surface area contributed by atoms with Crippen LogP contribution in [0.15, 0.2) is 0 Å². The van der Waals surface area contributed by atoms with Crippen molar-refractivity contribution in [2.75, 3.05) is 19.6 Å². The Balaban J connectivity index is 1.44. The SMILES string of the molecule is C#CCN1CCC(NC(C2CC2)C2CC2)CC1. The average molecular weight is 232 g/mol. The third kappa shape index (κ3) is 3.03. The van der Waals surface area contributed by atoms with Crippen LogP contribution in [0.3, 0.4) is 0 Å². The highest BCUT2D eigenvalue weighted by atomic mass is 15.1. The van der Waals surface area contributed by atoms with Gasteiger partial charge in [0.2, 0.25) is 0 Å². The molecule has 2 aliphatic carbocycles. The van der Waals surface area contributed by atoms with Crippen molar-refractivity contribution < 1.29 is 0 Å². The predicted octanol–water partition coefficient (Wildman–Crippen LogP) is 1.86. The molecule has 0 unspecified atom stereocenters. The summed E-state index contributed by atoms with van der Waals surface area (Å²) in [6.45, 7) is 3.20. The Bertz CT molecular complexity index is 279. The van der Waals surface area contributed by atoms with Gasteiger partial charge in [-0.25, -0.2) is 0 Å². The van der Waals surface area contributed by atoms with Gasteiger partial charge in [-0.05, 0) is 50.4 Å². The predicted molar refractivity (Wildman–Crippen MR) is 70.7 cm³/mol. The van der Waals surface area contributed by atoms with Crippen molar-refractivity contribution in [3.63, 3.8) is 0 Å². The monoisotopic (exact) mass is 232 g/mol. The zero-order valence-electron chi connectivity index (χ0n) is 10.7. The lowest BCUT2D eigenvalue weighted by Crippen LogP contribution is -2.47. The van der Waals surface area contributed by atoms with Gasteiger partial charge in [0, 0.05) is 25.2 Å². The number of nitrogens with one attached hydrogen (secondary N) is 1. The van der Waals surface area contributed by atoms with Gasteiger partial charge in [0.1, 0.15) is 0 Å². The lowest BCUT2D eigenvalue weighted by molar-refractivity contribution is 0.201. The van der Waals surface area contributed by atoms with E-state index >= 15 is 0 Å². The van der Waals surface area contributed by atoms with Crippen molar-refractivity contribution >= 4 is 0 Å². The van der Waals surface area contributed by atoms with Crippen LogP contribution in [0.1, 0.15) is 38.5 Å². The van der Waals surface area contributed by atoms with Gasteiger partial charge in [0.05, 0.1) is 6.54 Å². The number of hydrogen-bond acceptors (Lipinski definition) is 2. The molecule has 2 saturated carbocycles. The first-order valence-electron chi connectivity index (χ1n) is 7.28. The first-order valence-corrected chi connectivity index (χ1v) is 7.28. The Kier molecular flexibility index (Phi) is 3.40. The molecule has 3 fully saturated rings. The van der Waals surface area contributed by atoms with Crippen molar-refractivity contribution in [1.29, 1.82) is 0 Å². The molecular weight excluding hydrogens is 208 g/mol. The van der Waals surface area contributed by atoms with Crippen LogP contribution in [0.25, 0.3) is 0 Å². The van der Waals surface area contributed by atoms with Crippen molar-refractivity contribution in [3.8, 4) is 12.3 Å². The molecule has 2 nitrogen and oxygen atoms in total. The molecule has 0 aromatic heterocycles. The second kappa shape index (κ2) is 5.00. The van der Waals surface area contributed by atoms with Crippen LogP contribution >= 0.6 is 0 Å². The lowest BCUT2D eigenvalue weighted by Gasteiger charge is -2.34. The first kappa shape index (κ1) is 11.6. The van der Waals surface area contributed by atoms with Gasteiger partial charge in [-0.1, -0.05) is 5.92 Å². The number of piperidine rings is 1. The molecule has 0 spiro atoms. The lowest BCUT2D eigenvalue weighted by atomic mass is 10.0. The van der Waals surface area contributed by atoms with E-state index < -0.39 is 0 Å². The molecule has 17 heavy (non-hydrogen) atoms. The summed E-state index contributed by atoms with van der Waals surface area (Å²) in [4.78, 5) is 2.40.